The molecule has 0 spiro atoms. The van der Waals surface area contributed by atoms with E-state index in [1.165, 1.54) is 5.56 Å². The van der Waals surface area contributed by atoms with Gasteiger partial charge >= 0.3 is 0 Å². The van der Waals surface area contributed by atoms with Gasteiger partial charge in [0.05, 0.1) is 6.42 Å². The second-order valence-corrected chi connectivity index (χ2v) is 5.41. The Balaban J connectivity index is 1.99. The maximum Gasteiger partial charge on any atom is 0.228 e. The van der Waals surface area contributed by atoms with Gasteiger partial charge in [0, 0.05) is 5.69 Å². The molecule has 0 aromatic heterocycles. The number of nitrogens with one attached hydrogen (secondary N) is 1. The highest BCUT2D eigenvalue weighted by molar-refractivity contribution is 6.00. The number of benzene rings is 2. The molecule has 3 heteroatoms. The Morgan fingerprint density at radius 1 is 1.10 bits per heavy atom. The molecular weight excluding hydrogens is 250 g/mol. The first kappa shape index (κ1) is 12.9. The Bertz CT molecular complexity index is 674. The summed E-state index contributed by atoms with van der Waals surface area (Å²) in [4.78, 5) is 11.5. The first-order valence-electron chi connectivity index (χ1n) is 6.72. The average Bonchev–Trinajstić information content (AvgIpc) is 2.80. The van der Waals surface area contributed by atoms with Crippen molar-refractivity contribution < 1.29 is 9.90 Å². The summed E-state index contributed by atoms with van der Waals surface area (Å²) >= 11 is 0. The lowest BCUT2D eigenvalue weighted by Crippen LogP contribution is -2.04. The fourth-order valence-corrected chi connectivity index (χ4v) is 2.66. The van der Waals surface area contributed by atoms with Gasteiger partial charge in [0.15, 0.2) is 0 Å². The summed E-state index contributed by atoms with van der Waals surface area (Å²) in [6.45, 7) is 3.97. The van der Waals surface area contributed by atoms with E-state index in [-0.39, 0.29) is 5.91 Å². The number of aliphatic hydroxyl groups is 1. The summed E-state index contributed by atoms with van der Waals surface area (Å²) in [6.07, 6.45) is -0.264. The predicted octanol–water partition coefficient (Wildman–Crippen LogP) is 2.88. The number of hydrogen-bond acceptors (Lipinski definition) is 2. The molecule has 2 aromatic carbocycles. The molecule has 1 aliphatic rings. The van der Waals surface area contributed by atoms with Crippen LogP contribution in [0.2, 0.25) is 0 Å². The fourth-order valence-electron chi connectivity index (χ4n) is 2.66. The molecule has 0 aliphatic carbocycles. The number of rotatable bonds is 2. The van der Waals surface area contributed by atoms with E-state index in [0.717, 1.165) is 27.9 Å². The summed E-state index contributed by atoms with van der Waals surface area (Å²) in [6, 6.07) is 11.7. The smallest absolute Gasteiger partial charge is 0.228 e. The van der Waals surface area contributed by atoms with Crippen molar-refractivity contribution in [1.29, 1.82) is 0 Å². The van der Waals surface area contributed by atoms with E-state index in [4.69, 9.17) is 0 Å². The van der Waals surface area contributed by atoms with Gasteiger partial charge in [-0.2, -0.15) is 0 Å². The van der Waals surface area contributed by atoms with E-state index in [9.17, 15) is 9.90 Å². The summed E-state index contributed by atoms with van der Waals surface area (Å²) < 4.78 is 0. The Labute approximate surface area is 118 Å². The predicted molar refractivity (Wildman–Crippen MR) is 78.8 cm³/mol. The maximum absolute atomic E-state index is 11.5. The van der Waals surface area contributed by atoms with E-state index < -0.39 is 6.10 Å². The highest BCUT2D eigenvalue weighted by atomic mass is 16.3. The Morgan fingerprint density at radius 3 is 2.50 bits per heavy atom. The van der Waals surface area contributed by atoms with Crippen LogP contribution in [0.3, 0.4) is 0 Å². The van der Waals surface area contributed by atoms with E-state index in [1.807, 2.05) is 50.2 Å². The van der Waals surface area contributed by atoms with Crippen molar-refractivity contribution in [3.8, 4) is 0 Å². The summed E-state index contributed by atoms with van der Waals surface area (Å²) in [7, 11) is 0. The molecule has 0 bridgehead atoms. The molecule has 20 heavy (non-hydrogen) atoms. The van der Waals surface area contributed by atoms with Crippen LogP contribution in [0.25, 0.3) is 0 Å². The van der Waals surface area contributed by atoms with Gasteiger partial charge in [0.1, 0.15) is 6.10 Å². The zero-order valence-corrected chi connectivity index (χ0v) is 11.6. The highest BCUT2D eigenvalue weighted by Crippen LogP contribution is 2.32. The van der Waals surface area contributed by atoms with Crippen molar-refractivity contribution in [2.45, 2.75) is 26.4 Å². The van der Waals surface area contributed by atoms with Gasteiger partial charge in [0.2, 0.25) is 5.91 Å². The molecule has 1 amide bonds. The minimum atomic E-state index is -0.657. The van der Waals surface area contributed by atoms with Crippen LogP contribution in [0.15, 0.2) is 36.4 Å². The Kier molecular flexibility index (Phi) is 3.07. The molecule has 3 rings (SSSR count). The number of amides is 1. The third-order valence-electron chi connectivity index (χ3n) is 3.76. The second-order valence-electron chi connectivity index (χ2n) is 5.41. The van der Waals surface area contributed by atoms with Gasteiger partial charge in [-0.3, -0.25) is 4.79 Å². The SMILES string of the molecule is Cc1ccc(C(O)c2cc(C)c3c(c2)CC(=O)N3)cc1. The molecule has 0 radical (unpaired) electrons. The maximum atomic E-state index is 11.5. The van der Waals surface area contributed by atoms with Gasteiger partial charge in [0.25, 0.3) is 0 Å². The van der Waals surface area contributed by atoms with E-state index in [2.05, 4.69) is 5.32 Å². The normalized spacial score (nSPS) is 14.8. The molecule has 2 N–H and O–H groups in total. The minimum Gasteiger partial charge on any atom is -0.384 e. The monoisotopic (exact) mass is 267 g/mol. The number of carbonyl (C=O) groups excluding carboxylic acids is 1. The molecule has 1 atom stereocenters. The number of carbonyl (C=O) groups is 1. The Hall–Kier alpha value is -2.13. The van der Waals surface area contributed by atoms with Crippen LogP contribution in [0, 0.1) is 13.8 Å². The third kappa shape index (κ3) is 2.21. The summed E-state index contributed by atoms with van der Waals surface area (Å²) in [5.41, 5.74) is 5.73. The van der Waals surface area contributed by atoms with Gasteiger partial charge in [-0.05, 0) is 36.1 Å². The largest absolute Gasteiger partial charge is 0.384 e. The molecule has 1 aliphatic heterocycles. The molecule has 1 unspecified atom stereocenters. The van der Waals surface area contributed by atoms with Crippen molar-refractivity contribution in [2.24, 2.45) is 0 Å². The molecule has 1 heterocycles. The summed E-state index contributed by atoms with van der Waals surface area (Å²) in [5.74, 6) is 0.0186. The number of anilines is 1. The third-order valence-corrected chi connectivity index (χ3v) is 3.76. The zero-order chi connectivity index (χ0) is 14.3. The minimum absolute atomic E-state index is 0.0186. The van der Waals surface area contributed by atoms with Gasteiger partial charge < -0.3 is 10.4 Å². The number of hydrogen-bond donors (Lipinski definition) is 2. The lowest BCUT2D eigenvalue weighted by atomic mass is 9.96. The number of fused-ring (bicyclic) bond motifs is 1. The average molecular weight is 267 g/mol. The van der Waals surface area contributed by atoms with Gasteiger partial charge in [-0.15, -0.1) is 0 Å². The lowest BCUT2D eigenvalue weighted by Gasteiger charge is -2.14. The van der Waals surface area contributed by atoms with Gasteiger partial charge in [-0.25, -0.2) is 0 Å². The van der Waals surface area contributed by atoms with Crippen molar-refractivity contribution in [1.82, 2.24) is 0 Å². The van der Waals surface area contributed by atoms with E-state index >= 15 is 0 Å². The topological polar surface area (TPSA) is 49.3 Å². The van der Waals surface area contributed by atoms with Crippen molar-refractivity contribution in [3.05, 3.63) is 64.2 Å². The van der Waals surface area contributed by atoms with E-state index in [0.29, 0.717) is 6.42 Å². The van der Waals surface area contributed by atoms with Crippen LogP contribution in [-0.2, 0) is 11.2 Å². The summed E-state index contributed by atoms with van der Waals surface area (Å²) in [5, 5.41) is 13.4. The molecule has 3 nitrogen and oxygen atoms in total. The van der Waals surface area contributed by atoms with Crippen LogP contribution in [0.1, 0.15) is 33.9 Å². The van der Waals surface area contributed by atoms with Crippen molar-refractivity contribution in [3.63, 3.8) is 0 Å². The Morgan fingerprint density at radius 2 is 1.80 bits per heavy atom. The molecule has 102 valence electrons. The van der Waals surface area contributed by atoms with Crippen molar-refractivity contribution in [2.75, 3.05) is 5.32 Å². The quantitative estimate of drug-likeness (QED) is 0.879. The first-order chi connectivity index (χ1) is 9.54. The van der Waals surface area contributed by atoms with Crippen LogP contribution in [0.5, 0.6) is 0 Å². The van der Waals surface area contributed by atoms with E-state index in [1.54, 1.807) is 0 Å². The molecule has 0 saturated carbocycles. The number of aliphatic hydroxyl groups excluding tert-OH is 1. The lowest BCUT2D eigenvalue weighted by molar-refractivity contribution is -0.115. The van der Waals surface area contributed by atoms with Crippen LogP contribution in [0.4, 0.5) is 5.69 Å². The molecule has 0 fully saturated rings. The molecule has 0 saturated heterocycles. The standard InChI is InChI=1S/C17H17NO2/c1-10-3-5-12(6-4-10)17(20)14-7-11(2)16-13(8-14)9-15(19)18-16/h3-8,17,20H,9H2,1-2H3,(H,18,19). The van der Waals surface area contributed by atoms with Crippen LogP contribution in [-0.4, -0.2) is 11.0 Å². The number of aryl methyl sites for hydroxylation is 2. The molecular formula is C17H17NO2. The first-order valence-corrected chi connectivity index (χ1v) is 6.72. The van der Waals surface area contributed by atoms with Crippen LogP contribution >= 0.6 is 0 Å². The second kappa shape index (κ2) is 4.76. The zero-order valence-electron chi connectivity index (χ0n) is 11.6. The molecule has 2 aromatic rings. The van der Waals surface area contributed by atoms with Crippen molar-refractivity contribution >= 4 is 11.6 Å². The fraction of sp³-hybridized carbons (Fsp3) is 0.235. The van der Waals surface area contributed by atoms with Gasteiger partial charge in [-0.1, -0.05) is 42.0 Å². The highest BCUT2D eigenvalue weighted by Gasteiger charge is 2.22. The van der Waals surface area contributed by atoms with Crippen LogP contribution < -0.4 is 5.32 Å².